The van der Waals surface area contributed by atoms with E-state index in [0.29, 0.717) is 16.3 Å². The Bertz CT molecular complexity index is 542. The van der Waals surface area contributed by atoms with Crippen molar-refractivity contribution in [3.05, 3.63) is 28.8 Å². The summed E-state index contributed by atoms with van der Waals surface area (Å²) in [5, 5.41) is 2.93. The number of anilines is 1. The lowest BCUT2D eigenvalue weighted by Gasteiger charge is -2.08. The van der Waals surface area contributed by atoms with E-state index in [9.17, 15) is 13.6 Å². The molecular weight excluding hydrogens is 302 g/mol. The molecule has 3 N–H and O–H groups in total. The molecule has 21 heavy (non-hydrogen) atoms. The van der Waals surface area contributed by atoms with E-state index < -0.39 is 13.0 Å². The van der Waals surface area contributed by atoms with Gasteiger partial charge in [0.15, 0.2) is 0 Å². The van der Waals surface area contributed by atoms with Gasteiger partial charge in [0.25, 0.3) is 6.43 Å². The summed E-state index contributed by atoms with van der Waals surface area (Å²) >= 11 is 5.96. The van der Waals surface area contributed by atoms with Crippen LogP contribution in [0.1, 0.15) is 12.0 Å². The maximum Gasteiger partial charge on any atom is 0.261 e. The quantitative estimate of drug-likeness (QED) is 0.625. The fourth-order valence-corrected chi connectivity index (χ4v) is 1.57. The number of nitrogens with two attached hydrogens (primary N) is 1. The van der Waals surface area contributed by atoms with Crippen molar-refractivity contribution >= 4 is 23.2 Å². The van der Waals surface area contributed by atoms with Gasteiger partial charge in [-0.05, 0) is 18.2 Å². The van der Waals surface area contributed by atoms with Crippen LogP contribution < -0.4 is 11.1 Å². The molecule has 0 saturated heterocycles. The first kappa shape index (κ1) is 17.4. The van der Waals surface area contributed by atoms with Gasteiger partial charge in [0, 0.05) is 5.56 Å². The minimum Gasteiger partial charge on any atom is -0.375 e. The molecule has 1 aromatic rings. The second kappa shape index (κ2) is 9.29. The molecule has 1 aromatic carbocycles. The van der Waals surface area contributed by atoms with E-state index in [2.05, 4.69) is 21.9 Å². The van der Waals surface area contributed by atoms with Gasteiger partial charge in [0.2, 0.25) is 5.91 Å². The first-order valence-corrected chi connectivity index (χ1v) is 6.55. The summed E-state index contributed by atoms with van der Waals surface area (Å²) in [6, 6.07) is 4.92. The molecule has 1 rings (SSSR count). The second-order valence-corrected chi connectivity index (χ2v) is 4.37. The average Bonchev–Trinajstić information content (AvgIpc) is 2.44. The van der Waals surface area contributed by atoms with Crippen molar-refractivity contribution in [2.75, 3.05) is 25.1 Å². The Morgan fingerprint density at radius 3 is 2.90 bits per heavy atom. The molecule has 0 aliphatic heterocycles. The Hall–Kier alpha value is -1.68. The molecule has 0 heterocycles. The van der Waals surface area contributed by atoms with Crippen molar-refractivity contribution in [1.82, 2.24) is 0 Å². The minimum absolute atomic E-state index is 0.0399. The summed E-state index contributed by atoms with van der Waals surface area (Å²) in [4.78, 5) is 11.6. The molecule has 0 fully saturated rings. The third-order valence-electron chi connectivity index (χ3n) is 2.29. The van der Waals surface area contributed by atoms with Crippen LogP contribution in [0.15, 0.2) is 18.2 Å². The number of halogens is 3. The molecule has 0 radical (unpaired) electrons. The monoisotopic (exact) mass is 316 g/mol. The fourth-order valence-electron chi connectivity index (χ4n) is 1.40. The van der Waals surface area contributed by atoms with Gasteiger partial charge in [0.05, 0.1) is 30.3 Å². The molecule has 114 valence electrons. The van der Waals surface area contributed by atoms with Gasteiger partial charge >= 0.3 is 0 Å². The maximum absolute atomic E-state index is 11.8. The number of hydrogen-bond acceptors (Lipinski definition) is 3. The van der Waals surface area contributed by atoms with Crippen LogP contribution in [0.2, 0.25) is 5.02 Å². The Balaban J connectivity index is 2.55. The van der Waals surface area contributed by atoms with Crippen LogP contribution in [-0.2, 0) is 9.53 Å². The third kappa shape index (κ3) is 7.04. The van der Waals surface area contributed by atoms with Crippen LogP contribution in [0.5, 0.6) is 0 Å². The number of carbonyl (C=O) groups is 1. The molecule has 0 aliphatic carbocycles. The molecule has 0 saturated carbocycles. The van der Waals surface area contributed by atoms with Crippen LogP contribution >= 0.6 is 11.6 Å². The zero-order valence-corrected chi connectivity index (χ0v) is 11.9. The smallest absolute Gasteiger partial charge is 0.261 e. The van der Waals surface area contributed by atoms with Gasteiger partial charge in [0.1, 0.15) is 6.61 Å². The number of carbonyl (C=O) groups excluding carboxylic acids is 1. The number of amides is 1. The van der Waals surface area contributed by atoms with E-state index in [1.165, 1.54) is 0 Å². The molecule has 1 amide bonds. The first-order valence-electron chi connectivity index (χ1n) is 6.17. The molecule has 0 atom stereocenters. The van der Waals surface area contributed by atoms with E-state index in [-0.39, 0.29) is 25.5 Å². The fraction of sp³-hybridized carbons (Fsp3) is 0.357. The highest BCUT2D eigenvalue weighted by molar-refractivity contribution is 6.33. The lowest BCUT2D eigenvalue weighted by molar-refractivity contribution is -0.117. The summed E-state index contributed by atoms with van der Waals surface area (Å²) < 4.78 is 28.3. The number of rotatable bonds is 6. The average molecular weight is 317 g/mol. The number of alkyl halides is 2. The molecule has 0 unspecified atom stereocenters. The predicted octanol–water partition coefficient (Wildman–Crippen LogP) is 2.26. The summed E-state index contributed by atoms with van der Waals surface area (Å²) in [5.41, 5.74) is 6.34. The molecule has 0 spiro atoms. The Morgan fingerprint density at radius 1 is 1.48 bits per heavy atom. The first-order chi connectivity index (χ1) is 10.0. The van der Waals surface area contributed by atoms with Crippen LogP contribution in [0, 0.1) is 11.8 Å². The van der Waals surface area contributed by atoms with Gasteiger partial charge in [-0.1, -0.05) is 23.4 Å². The minimum atomic E-state index is -2.54. The lowest BCUT2D eigenvalue weighted by atomic mass is 10.2. The van der Waals surface area contributed by atoms with Crippen molar-refractivity contribution < 1.29 is 18.3 Å². The van der Waals surface area contributed by atoms with Crippen LogP contribution in [0.4, 0.5) is 14.5 Å². The number of benzene rings is 1. The second-order valence-electron chi connectivity index (χ2n) is 3.96. The third-order valence-corrected chi connectivity index (χ3v) is 2.62. The van der Waals surface area contributed by atoms with Gasteiger partial charge < -0.3 is 15.8 Å². The van der Waals surface area contributed by atoms with E-state index in [4.69, 9.17) is 17.3 Å². The van der Waals surface area contributed by atoms with E-state index >= 15 is 0 Å². The molecule has 0 bridgehead atoms. The molecule has 0 aromatic heterocycles. The Kier molecular flexibility index (Phi) is 7.69. The van der Waals surface area contributed by atoms with Crippen LogP contribution in [-0.4, -0.2) is 32.1 Å². The van der Waals surface area contributed by atoms with Crippen molar-refractivity contribution in [3.8, 4) is 11.8 Å². The van der Waals surface area contributed by atoms with Gasteiger partial charge in [-0.3, -0.25) is 4.79 Å². The van der Waals surface area contributed by atoms with Crippen molar-refractivity contribution in [2.45, 2.75) is 12.8 Å². The predicted molar refractivity (Wildman–Crippen MR) is 77.5 cm³/mol. The highest BCUT2D eigenvalue weighted by Crippen LogP contribution is 2.22. The largest absolute Gasteiger partial charge is 0.375 e. The highest BCUT2D eigenvalue weighted by atomic mass is 35.5. The molecule has 4 nitrogen and oxygen atoms in total. The van der Waals surface area contributed by atoms with E-state index in [0.717, 1.165) is 0 Å². The summed E-state index contributed by atoms with van der Waals surface area (Å²) in [5.74, 6) is 5.13. The summed E-state index contributed by atoms with van der Waals surface area (Å²) in [6.07, 6.45) is -2.58. The zero-order chi connectivity index (χ0) is 15.7. The molecular formula is C14H15ClF2N2O2. The lowest BCUT2D eigenvalue weighted by Crippen LogP contribution is -2.16. The molecule has 0 aliphatic rings. The number of ether oxygens (including phenoxy) is 1. The van der Waals surface area contributed by atoms with E-state index in [1.807, 2.05) is 0 Å². The summed E-state index contributed by atoms with van der Waals surface area (Å²) in [6.45, 7) is -0.537. The zero-order valence-electron chi connectivity index (χ0n) is 11.2. The van der Waals surface area contributed by atoms with Gasteiger partial charge in [-0.15, -0.1) is 0 Å². The Labute approximate surface area is 126 Å². The highest BCUT2D eigenvalue weighted by Gasteiger charge is 2.08. The Morgan fingerprint density at radius 2 is 2.24 bits per heavy atom. The number of nitrogens with one attached hydrogen (secondary N) is 1. The van der Waals surface area contributed by atoms with E-state index in [1.54, 1.807) is 18.2 Å². The van der Waals surface area contributed by atoms with Crippen LogP contribution in [0.25, 0.3) is 0 Å². The topological polar surface area (TPSA) is 64.3 Å². The maximum atomic E-state index is 11.8. The summed E-state index contributed by atoms with van der Waals surface area (Å²) in [7, 11) is 0. The molecule has 7 heteroatoms. The van der Waals surface area contributed by atoms with Crippen LogP contribution in [0.3, 0.4) is 0 Å². The van der Waals surface area contributed by atoms with Crippen molar-refractivity contribution in [1.29, 1.82) is 0 Å². The van der Waals surface area contributed by atoms with Gasteiger partial charge in [-0.25, -0.2) is 8.78 Å². The number of hydrogen-bond donors (Lipinski definition) is 2. The standard InChI is InChI=1S/C14H15ClF2N2O2/c15-11-4-3-10(2-1-6-18)8-12(11)19-14(20)5-7-21-9-13(16)17/h3-4,8,13H,5-7,9,18H2,(H,19,20). The van der Waals surface area contributed by atoms with Crippen molar-refractivity contribution in [2.24, 2.45) is 5.73 Å². The van der Waals surface area contributed by atoms with Crippen molar-refractivity contribution in [3.63, 3.8) is 0 Å². The normalized spacial score (nSPS) is 10.1. The SMILES string of the molecule is NCC#Cc1ccc(Cl)c(NC(=O)CCOCC(F)F)c1. The van der Waals surface area contributed by atoms with Gasteiger partial charge in [-0.2, -0.15) is 0 Å².